The second-order valence-electron chi connectivity index (χ2n) is 14.8. The number of unbranched alkanes of at least 4 members (excludes halogenated alkanes) is 1. The highest BCUT2D eigenvalue weighted by Gasteiger charge is 2.69. The fraction of sp³-hybridized carbons (Fsp3) is 0.526. The van der Waals surface area contributed by atoms with Gasteiger partial charge in [-0.2, -0.15) is 24.9 Å². The lowest BCUT2D eigenvalue weighted by molar-refractivity contribution is -0.174. The second-order valence-corrected chi connectivity index (χ2v) is 16.1. The topological polar surface area (TPSA) is 152 Å². The van der Waals surface area contributed by atoms with Gasteiger partial charge in [0.15, 0.2) is 0 Å². The second kappa shape index (κ2) is 15.9. The third kappa shape index (κ3) is 8.26. The molecule has 5 heterocycles. The van der Waals surface area contributed by atoms with Crippen molar-refractivity contribution in [2.24, 2.45) is 0 Å². The van der Waals surface area contributed by atoms with Gasteiger partial charge in [0.25, 0.3) is 0 Å². The summed E-state index contributed by atoms with van der Waals surface area (Å²) in [6, 6.07) is 13.1. The van der Waals surface area contributed by atoms with Crippen LogP contribution in [0.25, 0.3) is 21.9 Å². The van der Waals surface area contributed by atoms with E-state index in [0.29, 0.717) is 47.6 Å². The number of aromatic nitrogens is 3. The van der Waals surface area contributed by atoms with E-state index in [9.17, 15) is 22.8 Å². The van der Waals surface area contributed by atoms with Gasteiger partial charge in [0.1, 0.15) is 17.3 Å². The number of hydrogen-bond acceptors (Lipinski definition) is 9. The lowest BCUT2D eigenvalue weighted by Gasteiger charge is -2.18. The first-order valence-electron chi connectivity index (χ1n) is 18.8. The quantitative estimate of drug-likeness (QED) is 0.0488. The van der Waals surface area contributed by atoms with Crippen molar-refractivity contribution >= 4 is 51.5 Å². The zero-order chi connectivity index (χ0) is 38.0. The molecule has 0 bridgehead atoms. The molecule has 3 fully saturated rings. The number of rotatable bonds is 17. The van der Waals surface area contributed by atoms with Gasteiger partial charge in [0.2, 0.25) is 11.6 Å². The summed E-state index contributed by atoms with van der Waals surface area (Å²) in [6.45, 7) is 5.03. The van der Waals surface area contributed by atoms with Crippen molar-refractivity contribution in [3.63, 3.8) is 0 Å². The summed E-state index contributed by atoms with van der Waals surface area (Å²) in [6.07, 6.45) is 0.840. The van der Waals surface area contributed by atoms with E-state index in [0.717, 1.165) is 77.8 Å². The molecule has 3 aliphatic heterocycles. The number of hydrazine groups is 1. The molecular formula is C38H49F3N10O2S. The summed E-state index contributed by atoms with van der Waals surface area (Å²) in [7, 11) is 3.46. The molecule has 290 valence electrons. The minimum atomic E-state index is -4.48. The zero-order valence-electron chi connectivity index (χ0n) is 30.9. The summed E-state index contributed by atoms with van der Waals surface area (Å²) in [4.78, 5) is 39.4. The molecule has 4 aromatic rings. The Morgan fingerprint density at radius 2 is 1.87 bits per heavy atom. The molecule has 0 spiro atoms. The predicted octanol–water partition coefficient (Wildman–Crippen LogP) is 5.14. The highest BCUT2D eigenvalue weighted by molar-refractivity contribution is 8.00. The number of aromatic amines is 1. The maximum Gasteiger partial charge on any atom is 0.426 e. The number of alkyl halides is 3. The molecule has 3 amide bonds. The van der Waals surface area contributed by atoms with E-state index in [-0.39, 0.29) is 36.0 Å². The Labute approximate surface area is 317 Å². The SMILES string of the molecule is Cc1ccc2c(c1)[nH]c1nc(Cc3cccc(C4(C(F)(F)F)NN4C)c3)nc(NCCCN(C)CCCNC(=O)CCCCC3SCC4NC(=O)NC43)c12. The van der Waals surface area contributed by atoms with Gasteiger partial charge in [-0.25, -0.2) is 25.2 Å². The predicted molar refractivity (Wildman–Crippen MR) is 206 cm³/mol. The average Bonchev–Trinajstić information content (AvgIpc) is 3.33. The number of nitrogens with one attached hydrogen (secondary N) is 6. The van der Waals surface area contributed by atoms with Crippen LogP contribution in [0.3, 0.4) is 0 Å². The Balaban J connectivity index is 0.881. The van der Waals surface area contributed by atoms with E-state index in [4.69, 9.17) is 9.97 Å². The smallest absolute Gasteiger partial charge is 0.369 e. The van der Waals surface area contributed by atoms with Gasteiger partial charge in [0.05, 0.1) is 17.5 Å². The molecule has 12 nitrogen and oxygen atoms in total. The van der Waals surface area contributed by atoms with Crippen molar-refractivity contribution in [1.29, 1.82) is 0 Å². The van der Waals surface area contributed by atoms with Crippen molar-refractivity contribution in [1.82, 2.24) is 46.2 Å². The number of aryl methyl sites for hydroxylation is 1. The molecule has 3 saturated heterocycles. The number of hydrogen-bond donors (Lipinski definition) is 6. The summed E-state index contributed by atoms with van der Waals surface area (Å²) in [5, 5.41) is 16.0. The van der Waals surface area contributed by atoms with Gasteiger partial charge in [-0.15, -0.1) is 0 Å². The third-order valence-corrected chi connectivity index (χ3v) is 12.2. The normalized spacial score (nSPS) is 23.5. The van der Waals surface area contributed by atoms with Gasteiger partial charge in [-0.05, 0) is 75.5 Å². The van der Waals surface area contributed by atoms with Crippen LogP contribution in [0.15, 0.2) is 42.5 Å². The molecule has 54 heavy (non-hydrogen) atoms. The van der Waals surface area contributed by atoms with Crippen LogP contribution in [0.2, 0.25) is 0 Å². The fourth-order valence-electron chi connectivity index (χ4n) is 7.76. The number of benzene rings is 2. The molecule has 5 atom stereocenters. The first kappa shape index (κ1) is 38.2. The third-order valence-electron chi connectivity index (χ3n) is 10.7. The van der Waals surface area contributed by atoms with Crippen LogP contribution in [0.1, 0.15) is 61.0 Å². The number of amides is 3. The number of fused-ring (bicyclic) bond motifs is 4. The molecular weight excluding hydrogens is 718 g/mol. The van der Waals surface area contributed by atoms with Crippen molar-refractivity contribution in [2.45, 2.75) is 81.0 Å². The first-order valence-corrected chi connectivity index (χ1v) is 19.8. The average molecular weight is 767 g/mol. The van der Waals surface area contributed by atoms with E-state index in [1.54, 1.807) is 18.2 Å². The van der Waals surface area contributed by atoms with Gasteiger partial charge in [0, 0.05) is 54.9 Å². The van der Waals surface area contributed by atoms with Crippen molar-refractivity contribution in [3.05, 3.63) is 65.0 Å². The summed E-state index contributed by atoms with van der Waals surface area (Å²) in [5.41, 5.74) is 3.81. The number of carbonyl (C=O) groups excluding carboxylic acids is 2. The molecule has 6 N–H and O–H groups in total. The summed E-state index contributed by atoms with van der Waals surface area (Å²) < 4.78 is 42.0. The fourth-order valence-corrected chi connectivity index (χ4v) is 9.30. The number of urea groups is 1. The van der Waals surface area contributed by atoms with Crippen LogP contribution in [0.5, 0.6) is 0 Å². The molecule has 5 unspecified atom stereocenters. The van der Waals surface area contributed by atoms with Crippen LogP contribution >= 0.6 is 11.8 Å². The van der Waals surface area contributed by atoms with Crippen LogP contribution in [-0.2, 0) is 16.9 Å². The Kier molecular flexibility index (Phi) is 11.3. The van der Waals surface area contributed by atoms with Gasteiger partial charge in [-0.1, -0.05) is 42.8 Å². The molecule has 16 heteroatoms. The number of halogens is 3. The lowest BCUT2D eigenvalue weighted by atomic mass is 9.99. The molecule has 3 aliphatic rings. The minimum Gasteiger partial charge on any atom is -0.369 e. The van der Waals surface area contributed by atoms with Crippen molar-refractivity contribution in [3.8, 4) is 0 Å². The molecule has 0 saturated carbocycles. The summed E-state index contributed by atoms with van der Waals surface area (Å²) >= 11 is 1.90. The highest BCUT2D eigenvalue weighted by Crippen LogP contribution is 2.48. The van der Waals surface area contributed by atoms with Gasteiger partial charge in [-0.3, -0.25) is 4.79 Å². The van der Waals surface area contributed by atoms with Gasteiger partial charge < -0.3 is 31.2 Å². The highest BCUT2D eigenvalue weighted by atomic mass is 32.2. The monoisotopic (exact) mass is 766 g/mol. The minimum absolute atomic E-state index is 0.0665. The molecule has 0 radical (unpaired) electrons. The molecule has 7 rings (SSSR count). The number of H-pyrrole nitrogens is 1. The number of nitrogens with zero attached hydrogens (tertiary/aromatic N) is 4. The van der Waals surface area contributed by atoms with Crippen LogP contribution in [0.4, 0.5) is 23.8 Å². The molecule has 2 aromatic carbocycles. The van der Waals surface area contributed by atoms with E-state index < -0.39 is 11.8 Å². The van der Waals surface area contributed by atoms with Gasteiger partial charge >= 0.3 is 12.2 Å². The number of anilines is 1. The van der Waals surface area contributed by atoms with Crippen molar-refractivity contribution < 1.29 is 22.8 Å². The molecule has 2 aromatic heterocycles. The van der Waals surface area contributed by atoms with E-state index in [1.807, 2.05) is 18.7 Å². The van der Waals surface area contributed by atoms with Crippen molar-refractivity contribution in [2.75, 3.05) is 51.3 Å². The number of carbonyl (C=O) groups is 2. The van der Waals surface area contributed by atoms with E-state index in [2.05, 4.69) is 61.8 Å². The van der Waals surface area contributed by atoms with Crippen LogP contribution < -0.4 is 26.7 Å². The number of thioether (sulfide) groups is 1. The first-order chi connectivity index (χ1) is 25.9. The maximum absolute atomic E-state index is 14.0. The Hall–Kier alpha value is -4.12. The van der Waals surface area contributed by atoms with Crippen LogP contribution in [-0.4, -0.2) is 106 Å². The van der Waals surface area contributed by atoms with E-state index >= 15 is 0 Å². The summed E-state index contributed by atoms with van der Waals surface area (Å²) in [5.74, 6) is 2.23. The largest absolute Gasteiger partial charge is 0.426 e. The Bertz CT molecular complexity index is 1990. The zero-order valence-corrected chi connectivity index (χ0v) is 31.7. The Morgan fingerprint density at radius 3 is 2.65 bits per heavy atom. The Morgan fingerprint density at radius 1 is 1.07 bits per heavy atom. The molecule has 0 aliphatic carbocycles. The lowest BCUT2D eigenvalue weighted by Crippen LogP contribution is -2.36. The van der Waals surface area contributed by atoms with Crippen LogP contribution in [0, 0.1) is 6.92 Å². The maximum atomic E-state index is 14.0. The standard InChI is InChI=1S/C38H49F3N10O2S/c1-23-13-14-26-27(19-23)44-35-32(26)34(46-30(47-35)21-24-9-6-10-25(20-24)37(38(39,40)41)49-51(37)3)43-16-8-18-50(2)17-7-15-42-31(52)12-5-4-11-29-33-28(22-54-29)45-36(53)48-33/h6,9-10,13-14,19-20,28-29,33,49H,4-5,7-8,11-12,15-18,21-22H2,1-3H3,(H,42,52)(H2,45,48,53)(H2,43,44,46,47). The van der Waals surface area contributed by atoms with E-state index in [1.165, 1.54) is 13.1 Å².